The molecular weight excluding hydrogens is 346 g/mol. The number of aryl methyl sites for hydroxylation is 2. The van der Waals surface area contributed by atoms with Crippen LogP contribution in [0.25, 0.3) is 11.0 Å². The first kappa shape index (κ1) is 17.9. The Morgan fingerprint density at radius 1 is 1.22 bits per heavy atom. The third-order valence-electron chi connectivity index (χ3n) is 5.78. The fourth-order valence-electron chi connectivity index (χ4n) is 4.41. The molecule has 0 radical (unpaired) electrons. The minimum Gasteiger partial charge on any atom is -0.483 e. The SMILES string of the molecule is CCc1cc(=O)oc2c(OCC(N)=O)c3c(cc12)CCC1(CCCCC1)O3. The molecule has 2 N–H and O–H groups in total. The summed E-state index contributed by atoms with van der Waals surface area (Å²) in [5.41, 5.74) is 6.92. The molecule has 6 heteroatoms. The number of ether oxygens (including phenoxy) is 2. The summed E-state index contributed by atoms with van der Waals surface area (Å²) in [6.45, 7) is 1.70. The molecule has 1 spiro atoms. The molecule has 0 saturated heterocycles. The number of amides is 1. The molecule has 1 aliphatic carbocycles. The van der Waals surface area contributed by atoms with Crippen LogP contribution < -0.4 is 20.8 Å². The van der Waals surface area contributed by atoms with Crippen LogP contribution in [0.15, 0.2) is 21.3 Å². The smallest absolute Gasteiger partial charge is 0.336 e. The molecule has 2 heterocycles. The van der Waals surface area contributed by atoms with Crippen molar-refractivity contribution in [2.45, 2.75) is 63.9 Å². The first-order chi connectivity index (χ1) is 13.0. The Labute approximate surface area is 157 Å². The van der Waals surface area contributed by atoms with Crippen LogP contribution in [0.3, 0.4) is 0 Å². The van der Waals surface area contributed by atoms with E-state index in [9.17, 15) is 9.59 Å². The Bertz CT molecular complexity index is 940. The fourth-order valence-corrected chi connectivity index (χ4v) is 4.41. The molecule has 0 unspecified atom stereocenters. The van der Waals surface area contributed by atoms with E-state index in [4.69, 9.17) is 19.6 Å². The first-order valence-electron chi connectivity index (χ1n) is 9.74. The Kier molecular flexibility index (Phi) is 4.58. The van der Waals surface area contributed by atoms with Gasteiger partial charge in [-0.05, 0) is 62.1 Å². The average Bonchev–Trinajstić information content (AvgIpc) is 2.65. The highest BCUT2D eigenvalue weighted by molar-refractivity contribution is 5.90. The van der Waals surface area contributed by atoms with E-state index < -0.39 is 11.5 Å². The molecular formula is C21H25NO5. The van der Waals surface area contributed by atoms with Gasteiger partial charge in [0.25, 0.3) is 5.91 Å². The van der Waals surface area contributed by atoms with Gasteiger partial charge in [-0.2, -0.15) is 0 Å². The molecule has 6 nitrogen and oxygen atoms in total. The number of fused-ring (bicyclic) bond motifs is 2. The predicted molar refractivity (Wildman–Crippen MR) is 101 cm³/mol. The van der Waals surface area contributed by atoms with Crippen LogP contribution >= 0.6 is 0 Å². The van der Waals surface area contributed by atoms with E-state index in [1.54, 1.807) is 0 Å². The molecule has 1 aliphatic heterocycles. The van der Waals surface area contributed by atoms with Gasteiger partial charge in [-0.15, -0.1) is 0 Å². The summed E-state index contributed by atoms with van der Waals surface area (Å²) < 4.78 is 17.7. The summed E-state index contributed by atoms with van der Waals surface area (Å²) in [5.74, 6) is 0.351. The lowest BCUT2D eigenvalue weighted by molar-refractivity contribution is -0.120. The van der Waals surface area contributed by atoms with Crippen molar-refractivity contribution in [1.82, 2.24) is 0 Å². The number of hydrogen-bond donors (Lipinski definition) is 1. The molecule has 1 aromatic heterocycles. The van der Waals surface area contributed by atoms with E-state index in [1.807, 2.05) is 13.0 Å². The Balaban J connectivity index is 1.89. The summed E-state index contributed by atoms with van der Waals surface area (Å²) in [5, 5.41) is 0.832. The van der Waals surface area contributed by atoms with Crippen LogP contribution in [-0.4, -0.2) is 18.1 Å². The summed E-state index contributed by atoms with van der Waals surface area (Å²) >= 11 is 0. The minimum absolute atomic E-state index is 0.188. The second-order valence-electron chi connectivity index (χ2n) is 7.62. The van der Waals surface area contributed by atoms with Gasteiger partial charge in [-0.1, -0.05) is 13.3 Å². The normalized spacial score (nSPS) is 18.1. The van der Waals surface area contributed by atoms with Crippen LogP contribution in [-0.2, 0) is 17.6 Å². The Morgan fingerprint density at radius 3 is 2.70 bits per heavy atom. The van der Waals surface area contributed by atoms with Crippen molar-refractivity contribution in [2.75, 3.05) is 6.61 Å². The van der Waals surface area contributed by atoms with Crippen molar-refractivity contribution in [1.29, 1.82) is 0 Å². The maximum atomic E-state index is 12.1. The lowest BCUT2D eigenvalue weighted by Crippen LogP contribution is -2.41. The molecule has 1 fully saturated rings. The minimum atomic E-state index is -0.585. The van der Waals surface area contributed by atoms with Gasteiger partial charge >= 0.3 is 5.63 Å². The molecule has 4 rings (SSSR count). The highest BCUT2D eigenvalue weighted by atomic mass is 16.5. The number of carbonyl (C=O) groups excluding carboxylic acids is 1. The van der Waals surface area contributed by atoms with E-state index in [-0.39, 0.29) is 12.2 Å². The topological polar surface area (TPSA) is 91.8 Å². The highest BCUT2D eigenvalue weighted by Crippen LogP contribution is 2.48. The lowest BCUT2D eigenvalue weighted by atomic mass is 9.78. The summed E-state index contributed by atoms with van der Waals surface area (Å²) in [4.78, 5) is 23.4. The molecule has 2 aliphatic rings. The molecule has 2 aromatic rings. The van der Waals surface area contributed by atoms with Crippen molar-refractivity contribution >= 4 is 16.9 Å². The number of primary amides is 1. The molecule has 1 amide bonds. The van der Waals surface area contributed by atoms with Gasteiger partial charge < -0.3 is 19.6 Å². The van der Waals surface area contributed by atoms with Crippen molar-refractivity contribution in [2.24, 2.45) is 5.73 Å². The van der Waals surface area contributed by atoms with Gasteiger partial charge in [0.15, 0.2) is 17.9 Å². The summed E-state index contributed by atoms with van der Waals surface area (Å²) in [6.07, 6.45) is 8.10. The monoisotopic (exact) mass is 371 g/mol. The van der Waals surface area contributed by atoms with E-state index in [0.29, 0.717) is 23.5 Å². The second-order valence-corrected chi connectivity index (χ2v) is 7.62. The average molecular weight is 371 g/mol. The van der Waals surface area contributed by atoms with Gasteiger partial charge in [0.2, 0.25) is 5.75 Å². The number of benzene rings is 1. The van der Waals surface area contributed by atoms with Crippen LogP contribution in [0.5, 0.6) is 11.5 Å². The van der Waals surface area contributed by atoms with Gasteiger partial charge in [0.1, 0.15) is 5.60 Å². The van der Waals surface area contributed by atoms with E-state index >= 15 is 0 Å². The van der Waals surface area contributed by atoms with Crippen LogP contribution in [0.1, 0.15) is 56.6 Å². The van der Waals surface area contributed by atoms with Gasteiger partial charge in [-0.25, -0.2) is 4.79 Å². The standard InChI is InChI=1S/C21H25NO5/c1-2-13-11-17(24)26-19-15(13)10-14-6-9-21(7-4-3-5-8-21)27-18(14)20(19)25-12-16(22)23/h10-11H,2-9,12H2,1H3,(H2,22,23). The number of nitrogens with two attached hydrogens (primary N) is 1. The maximum absolute atomic E-state index is 12.1. The number of hydrogen-bond acceptors (Lipinski definition) is 5. The van der Waals surface area contributed by atoms with E-state index in [0.717, 1.165) is 55.0 Å². The quantitative estimate of drug-likeness (QED) is 0.833. The van der Waals surface area contributed by atoms with Crippen molar-refractivity contribution in [3.8, 4) is 11.5 Å². The van der Waals surface area contributed by atoms with Crippen LogP contribution in [0.2, 0.25) is 0 Å². The van der Waals surface area contributed by atoms with Crippen LogP contribution in [0.4, 0.5) is 0 Å². The van der Waals surface area contributed by atoms with Crippen molar-refractivity contribution in [3.05, 3.63) is 33.7 Å². The predicted octanol–water partition coefficient (Wildman–Crippen LogP) is 3.25. The third-order valence-corrected chi connectivity index (χ3v) is 5.78. The Hall–Kier alpha value is -2.50. The summed E-state index contributed by atoms with van der Waals surface area (Å²) in [7, 11) is 0. The molecule has 144 valence electrons. The second kappa shape index (κ2) is 6.91. The largest absolute Gasteiger partial charge is 0.483 e. The zero-order valence-electron chi connectivity index (χ0n) is 15.6. The highest BCUT2D eigenvalue weighted by Gasteiger charge is 2.39. The molecule has 27 heavy (non-hydrogen) atoms. The van der Waals surface area contributed by atoms with Gasteiger partial charge in [0, 0.05) is 11.5 Å². The first-order valence-corrected chi connectivity index (χ1v) is 9.74. The van der Waals surface area contributed by atoms with Gasteiger partial charge in [-0.3, -0.25) is 4.79 Å². The molecule has 0 bridgehead atoms. The number of rotatable bonds is 4. The third kappa shape index (κ3) is 3.29. The molecule has 1 aromatic carbocycles. The molecule has 1 saturated carbocycles. The maximum Gasteiger partial charge on any atom is 0.336 e. The lowest BCUT2D eigenvalue weighted by Gasteiger charge is -2.42. The van der Waals surface area contributed by atoms with E-state index in [2.05, 4.69) is 0 Å². The van der Waals surface area contributed by atoms with Crippen molar-refractivity contribution < 1.29 is 18.7 Å². The fraction of sp³-hybridized carbons (Fsp3) is 0.524. The summed E-state index contributed by atoms with van der Waals surface area (Å²) in [6, 6.07) is 3.55. The number of carbonyl (C=O) groups is 1. The zero-order valence-corrected chi connectivity index (χ0v) is 15.6. The Morgan fingerprint density at radius 2 is 2.00 bits per heavy atom. The van der Waals surface area contributed by atoms with Gasteiger partial charge in [0.05, 0.1) is 0 Å². The van der Waals surface area contributed by atoms with Crippen LogP contribution in [0, 0.1) is 0 Å². The zero-order chi connectivity index (χ0) is 19.0. The van der Waals surface area contributed by atoms with E-state index in [1.165, 1.54) is 12.5 Å². The van der Waals surface area contributed by atoms with Crippen molar-refractivity contribution in [3.63, 3.8) is 0 Å². The molecule has 0 atom stereocenters.